The topological polar surface area (TPSA) is 97.4 Å². The van der Waals surface area contributed by atoms with Crippen LogP contribution in [0.2, 0.25) is 0 Å². The highest BCUT2D eigenvalue weighted by molar-refractivity contribution is 7.92. The number of pyridine rings is 1. The molecule has 0 radical (unpaired) electrons. The van der Waals surface area contributed by atoms with Gasteiger partial charge in [0.25, 0.3) is 15.9 Å². The van der Waals surface area contributed by atoms with Gasteiger partial charge in [-0.25, -0.2) is 13.4 Å². The Kier molecular flexibility index (Phi) is 5.90. The monoisotopic (exact) mass is 397 g/mol. The Labute approximate surface area is 163 Å². The van der Waals surface area contributed by atoms with Crippen molar-refractivity contribution in [2.45, 2.75) is 11.8 Å². The maximum absolute atomic E-state index is 12.5. The van der Waals surface area contributed by atoms with Crippen LogP contribution in [0.15, 0.2) is 77.8 Å². The molecule has 2 aromatic carbocycles. The highest BCUT2D eigenvalue weighted by atomic mass is 32.2. The fourth-order valence-corrected chi connectivity index (χ4v) is 3.48. The van der Waals surface area contributed by atoms with Crippen LogP contribution in [0.5, 0.6) is 5.75 Å². The van der Waals surface area contributed by atoms with E-state index < -0.39 is 10.0 Å². The fourth-order valence-electron chi connectivity index (χ4n) is 2.47. The third-order valence-electron chi connectivity index (χ3n) is 3.76. The Morgan fingerprint density at radius 3 is 2.39 bits per heavy atom. The van der Waals surface area contributed by atoms with E-state index in [0.29, 0.717) is 23.6 Å². The molecule has 3 rings (SSSR count). The lowest BCUT2D eigenvalue weighted by Gasteiger charge is -2.11. The number of nitrogens with one attached hydrogen (secondary N) is 2. The number of para-hydroxylation sites is 1. The first-order valence-electron chi connectivity index (χ1n) is 8.56. The van der Waals surface area contributed by atoms with E-state index in [-0.39, 0.29) is 16.6 Å². The van der Waals surface area contributed by atoms with E-state index in [0.717, 1.165) is 0 Å². The van der Waals surface area contributed by atoms with Crippen LogP contribution >= 0.6 is 0 Å². The molecule has 0 aliphatic heterocycles. The Balaban J connectivity index is 1.73. The van der Waals surface area contributed by atoms with E-state index in [1.807, 2.05) is 6.92 Å². The van der Waals surface area contributed by atoms with E-state index in [9.17, 15) is 13.2 Å². The van der Waals surface area contributed by atoms with Crippen molar-refractivity contribution in [3.05, 3.63) is 78.5 Å². The maximum Gasteiger partial charge on any atom is 0.263 e. The van der Waals surface area contributed by atoms with Crippen molar-refractivity contribution < 1.29 is 17.9 Å². The highest BCUT2D eigenvalue weighted by Crippen LogP contribution is 2.21. The molecule has 1 aromatic heterocycles. The molecular weight excluding hydrogens is 378 g/mol. The normalized spacial score (nSPS) is 10.9. The number of aromatic nitrogens is 1. The second-order valence-corrected chi connectivity index (χ2v) is 7.41. The van der Waals surface area contributed by atoms with Gasteiger partial charge in [0.2, 0.25) is 0 Å². The van der Waals surface area contributed by atoms with Crippen molar-refractivity contribution >= 4 is 27.4 Å². The number of anilines is 2. The predicted octanol–water partition coefficient (Wildman–Crippen LogP) is 3.53. The lowest BCUT2D eigenvalue weighted by Crippen LogP contribution is -2.15. The van der Waals surface area contributed by atoms with Crippen molar-refractivity contribution in [3.63, 3.8) is 0 Å². The zero-order chi connectivity index (χ0) is 20.0. The largest absolute Gasteiger partial charge is 0.493 e. The summed E-state index contributed by atoms with van der Waals surface area (Å²) < 4.78 is 32.7. The third kappa shape index (κ3) is 4.66. The molecule has 8 heteroatoms. The first-order chi connectivity index (χ1) is 13.5. The summed E-state index contributed by atoms with van der Waals surface area (Å²) in [6, 6.07) is 17.7. The smallest absolute Gasteiger partial charge is 0.263 e. The zero-order valence-corrected chi connectivity index (χ0v) is 15.9. The van der Waals surface area contributed by atoms with Gasteiger partial charge in [-0.2, -0.15) is 0 Å². The van der Waals surface area contributed by atoms with E-state index >= 15 is 0 Å². The first kappa shape index (κ1) is 19.4. The van der Waals surface area contributed by atoms with Crippen LogP contribution < -0.4 is 14.8 Å². The van der Waals surface area contributed by atoms with Gasteiger partial charge in [0, 0.05) is 11.9 Å². The second kappa shape index (κ2) is 8.53. The molecule has 0 unspecified atom stereocenters. The summed E-state index contributed by atoms with van der Waals surface area (Å²) in [7, 11) is -3.77. The molecule has 2 N–H and O–H groups in total. The van der Waals surface area contributed by atoms with Crippen molar-refractivity contribution in [1.29, 1.82) is 0 Å². The number of nitrogens with zero attached hydrogens (tertiary/aromatic N) is 1. The molecule has 3 aromatic rings. The van der Waals surface area contributed by atoms with Crippen LogP contribution in [0.25, 0.3) is 0 Å². The number of carbonyl (C=O) groups is 1. The summed E-state index contributed by atoms with van der Waals surface area (Å²) in [6.07, 6.45) is 1.50. The molecule has 144 valence electrons. The SMILES string of the molecule is CCOc1ccccc1C(=O)Nc1ccc(S(=O)(=O)Nc2ccccn2)cc1. The van der Waals surface area contributed by atoms with E-state index in [1.54, 1.807) is 42.5 Å². The molecule has 0 saturated carbocycles. The van der Waals surface area contributed by atoms with Crippen LogP contribution in [0, 0.1) is 0 Å². The summed E-state index contributed by atoms with van der Waals surface area (Å²) in [5.41, 5.74) is 0.867. The summed E-state index contributed by atoms with van der Waals surface area (Å²) in [5.74, 6) is 0.375. The molecule has 0 aliphatic carbocycles. The number of benzene rings is 2. The van der Waals surface area contributed by atoms with Gasteiger partial charge in [-0.05, 0) is 55.5 Å². The van der Waals surface area contributed by atoms with Gasteiger partial charge in [0.1, 0.15) is 11.6 Å². The Morgan fingerprint density at radius 2 is 1.71 bits per heavy atom. The molecule has 0 fully saturated rings. The average Bonchev–Trinajstić information content (AvgIpc) is 2.69. The minimum absolute atomic E-state index is 0.0610. The number of hydrogen-bond acceptors (Lipinski definition) is 5. The second-order valence-electron chi connectivity index (χ2n) is 5.73. The molecule has 0 saturated heterocycles. The number of rotatable bonds is 7. The lowest BCUT2D eigenvalue weighted by atomic mass is 10.2. The van der Waals surface area contributed by atoms with Crippen molar-refractivity contribution in [3.8, 4) is 5.75 Å². The number of ether oxygens (including phenoxy) is 1. The number of carbonyl (C=O) groups excluding carboxylic acids is 1. The predicted molar refractivity (Wildman–Crippen MR) is 107 cm³/mol. The van der Waals surface area contributed by atoms with Crippen molar-refractivity contribution in [2.24, 2.45) is 0 Å². The molecule has 0 spiro atoms. The van der Waals surface area contributed by atoms with E-state index in [1.165, 1.54) is 30.5 Å². The molecule has 0 bridgehead atoms. The highest BCUT2D eigenvalue weighted by Gasteiger charge is 2.16. The van der Waals surface area contributed by atoms with Gasteiger partial charge in [-0.1, -0.05) is 18.2 Å². The van der Waals surface area contributed by atoms with Crippen molar-refractivity contribution in [2.75, 3.05) is 16.6 Å². The standard InChI is InChI=1S/C20H19N3O4S/c1-2-27-18-8-4-3-7-17(18)20(24)22-15-10-12-16(13-11-15)28(25,26)23-19-9-5-6-14-21-19/h3-14H,2H2,1H3,(H,21,23)(H,22,24). The number of hydrogen-bond donors (Lipinski definition) is 2. The molecule has 1 amide bonds. The maximum atomic E-state index is 12.5. The molecular formula is C20H19N3O4S. The first-order valence-corrected chi connectivity index (χ1v) is 10.0. The molecule has 0 aliphatic rings. The molecule has 0 atom stereocenters. The summed E-state index contributed by atoms with van der Waals surface area (Å²) in [5, 5.41) is 2.74. The minimum atomic E-state index is -3.77. The summed E-state index contributed by atoms with van der Waals surface area (Å²) >= 11 is 0. The van der Waals surface area contributed by atoms with Crippen LogP contribution in [-0.4, -0.2) is 25.9 Å². The Morgan fingerprint density at radius 1 is 1.00 bits per heavy atom. The van der Waals surface area contributed by atoms with Gasteiger partial charge in [-0.15, -0.1) is 0 Å². The van der Waals surface area contributed by atoms with Gasteiger partial charge < -0.3 is 10.1 Å². The molecule has 1 heterocycles. The Bertz CT molecular complexity index is 1050. The van der Waals surface area contributed by atoms with E-state index in [2.05, 4.69) is 15.0 Å². The van der Waals surface area contributed by atoms with Gasteiger partial charge >= 0.3 is 0 Å². The number of sulfonamides is 1. The lowest BCUT2D eigenvalue weighted by molar-refractivity contribution is 0.102. The molecule has 7 nitrogen and oxygen atoms in total. The zero-order valence-electron chi connectivity index (χ0n) is 15.1. The minimum Gasteiger partial charge on any atom is -0.493 e. The van der Waals surface area contributed by atoms with Crippen LogP contribution in [0.4, 0.5) is 11.5 Å². The van der Waals surface area contributed by atoms with E-state index in [4.69, 9.17) is 4.74 Å². The van der Waals surface area contributed by atoms with Crippen molar-refractivity contribution in [1.82, 2.24) is 4.98 Å². The fraction of sp³-hybridized carbons (Fsp3) is 0.100. The molecule has 28 heavy (non-hydrogen) atoms. The van der Waals surface area contributed by atoms with Crippen LogP contribution in [0.3, 0.4) is 0 Å². The third-order valence-corrected chi connectivity index (χ3v) is 5.13. The summed E-state index contributed by atoms with van der Waals surface area (Å²) in [4.78, 5) is 16.5. The Hall–Kier alpha value is -3.39. The van der Waals surface area contributed by atoms with Gasteiger partial charge in [0.05, 0.1) is 17.1 Å². The summed E-state index contributed by atoms with van der Waals surface area (Å²) in [6.45, 7) is 2.28. The van der Waals surface area contributed by atoms with Gasteiger partial charge in [0.15, 0.2) is 0 Å². The van der Waals surface area contributed by atoms with Crippen LogP contribution in [-0.2, 0) is 10.0 Å². The number of amides is 1. The average molecular weight is 397 g/mol. The van der Waals surface area contributed by atoms with Gasteiger partial charge in [-0.3, -0.25) is 9.52 Å². The quantitative estimate of drug-likeness (QED) is 0.636. The van der Waals surface area contributed by atoms with Crippen LogP contribution in [0.1, 0.15) is 17.3 Å².